The van der Waals surface area contributed by atoms with Crippen LogP contribution in [-0.4, -0.2) is 19.5 Å². The molecule has 274 valence electrons. The number of furan rings is 2. The van der Waals surface area contributed by atoms with Gasteiger partial charge in [0, 0.05) is 55.3 Å². The maximum atomic E-state index is 6.71. The number of hydrogen-bond donors (Lipinski definition) is 0. The van der Waals surface area contributed by atoms with Crippen LogP contribution in [0.1, 0.15) is 18.2 Å². The zero-order valence-corrected chi connectivity index (χ0v) is 31.6. The molecule has 0 bridgehead atoms. The van der Waals surface area contributed by atoms with Gasteiger partial charge in [-0.1, -0.05) is 134 Å². The predicted octanol–water partition coefficient (Wildman–Crippen LogP) is 14.0. The molecule has 0 amide bonds. The van der Waals surface area contributed by atoms with Crippen LogP contribution in [0.4, 0.5) is 0 Å². The van der Waals surface area contributed by atoms with Crippen LogP contribution < -0.4 is 0 Å². The van der Waals surface area contributed by atoms with E-state index in [9.17, 15) is 0 Å². The van der Waals surface area contributed by atoms with Gasteiger partial charge in [0.2, 0.25) is 0 Å². The Morgan fingerprint density at radius 3 is 1.98 bits per heavy atom. The summed E-state index contributed by atoms with van der Waals surface area (Å²) in [5.41, 5.74) is 12.1. The van der Waals surface area contributed by atoms with Crippen molar-refractivity contribution in [2.24, 2.45) is 0 Å². The summed E-state index contributed by atoms with van der Waals surface area (Å²) in [6.45, 7) is 6.26. The van der Waals surface area contributed by atoms with Gasteiger partial charge in [-0.2, -0.15) is 0 Å². The second-order valence-electron chi connectivity index (χ2n) is 14.4. The van der Waals surface area contributed by atoms with Crippen LogP contribution in [0.3, 0.4) is 0 Å². The van der Waals surface area contributed by atoms with Crippen LogP contribution in [0, 0.1) is 0 Å². The van der Waals surface area contributed by atoms with E-state index in [4.69, 9.17) is 23.8 Å². The van der Waals surface area contributed by atoms with Crippen LogP contribution in [0.15, 0.2) is 179 Å². The number of benzene rings is 7. The minimum atomic E-state index is 0.570. The van der Waals surface area contributed by atoms with E-state index >= 15 is 0 Å². The summed E-state index contributed by atoms with van der Waals surface area (Å²) in [4.78, 5) is 15.3. The quantitative estimate of drug-likeness (QED) is 0.162. The van der Waals surface area contributed by atoms with E-state index in [0.29, 0.717) is 17.5 Å². The lowest BCUT2D eigenvalue weighted by Gasteiger charge is -2.11. The molecule has 11 aromatic rings. The highest BCUT2D eigenvalue weighted by molar-refractivity contribution is 6.17. The Hall–Kier alpha value is -7.83. The Kier molecular flexibility index (Phi) is 7.76. The number of rotatable bonds is 7. The summed E-state index contributed by atoms with van der Waals surface area (Å²) in [6.07, 6.45) is 6.12. The lowest BCUT2D eigenvalue weighted by molar-refractivity contribution is 0.667. The molecule has 0 aliphatic carbocycles. The molecule has 0 aliphatic heterocycles. The summed E-state index contributed by atoms with van der Waals surface area (Å²) in [5.74, 6) is 1.77. The van der Waals surface area contributed by atoms with E-state index < -0.39 is 0 Å². The Labute approximate surface area is 333 Å². The molecule has 6 nitrogen and oxygen atoms in total. The number of nitrogens with zero attached hydrogens (tertiary/aromatic N) is 4. The maximum Gasteiger partial charge on any atom is 0.164 e. The molecule has 6 heteroatoms. The first-order valence-corrected chi connectivity index (χ1v) is 19.3. The zero-order valence-electron chi connectivity index (χ0n) is 31.6. The Balaban J connectivity index is 1.12. The fourth-order valence-electron chi connectivity index (χ4n) is 8.35. The molecule has 11 rings (SSSR count). The van der Waals surface area contributed by atoms with Gasteiger partial charge < -0.3 is 13.4 Å². The monoisotopic (exact) mass is 746 g/mol. The Morgan fingerprint density at radius 1 is 0.517 bits per heavy atom. The number of aromatic nitrogens is 4. The molecule has 7 aromatic carbocycles. The Morgan fingerprint density at radius 2 is 1.17 bits per heavy atom. The van der Waals surface area contributed by atoms with Crippen molar-refractivity contribution in [3.05, 3.63) is 182 Å². The van der Waals surface area contributed by atoms with Gasteiger partial charge in [-0.3, -0.25) is 0 Å². The predicted molar refractivity (Wildman–Crippen MR) is 238 cm³/mol. The molecular weight excluding hydrogens is 713 g/mol. The summed E-state index contributed by atoms with van der Waals surface area (Å²) in [7, 11) is 0. The molecule has 0 saturated carbocycles. The van der Waals surface area contributed by atoms with Crippen LogP contribution >= 0.6 is 0 Å². The van der Waals surface area contributed by atoms with Crippen LogP contribution in [0.25, 0.3) is 118 Å². The smallest absolute Gasteiger partial charge is 0.164 e. The van der Waals surface area contributed by atoms with Gasteiger partial charge in [0.15, 0.2) is 23.1 Å². The molecule has 0 saturated heterocycles. The highest BCUT2D eigenvalue weighted by atomic mass is 16.3. The second kappa shape index (κ2) is 13.4. The lowest BCUT2D eigenvalue weighted by Crippen LogP contribution is -2.00. The normalized spacial score (nSPS) is 11.9. The van der Waals surface area contributed by atoms with Crippen molar-refractivity contribution in [3.63, 3.8) is 0 Å². The van der Waals surface area contributed by atoms with Crippen molar-refractivity contribution in [2.75, 3.05) is 0 Å². The lowest BCUT2D eigenvalue weighted by atomic mass is 10.0. The molecule has 4 heterocycles. The number of hydrogen-bond acceptors (Lipinski definition) is 5. The van der Waals surface area contributed by atoms with Gasteiger partial charge in [-0.05, 0) is 60.5 Å². The molecule has 0 unspecified atom stereocenters. The molecule has 0 spiro atoms. The summed E-state index contributed by atoms with van der Waals surface area (Å²) in [5, 5.41) is 5.12. The largest absolute Gasteiger partial charge is 0.456 e. The average molecular weight is 747 g/mol. The number of fused-ring (bicyclic) bond motifs is 8. The van der Waals surface area contributed by atoms with Gasteiger partial charge in [0.05, 0.1) is 16.9 Å². The van der Waals surface area contributed by atoms with Gasteiger partial charge in [-0.15, -0.1) is 0 Å². The summed E-state index contributed by atoms with van der Waals surface area (Å²) < 4.78 is 15.6. The third-order valence-electron chi connectivity index (χ3n) is 11.0. The average Bonchev–Trinajstić information content (AvgIpc) is 3.96. The van der Waals surface area contributed by atoms with Crippen molar-refractivity contribution in [3.8, 4) is 51.0 Å². The Bertz CT molecular complexity index is 3430. The molecule has 58 heavy (non-hydrogen) atoms. The van der Waals surface area contributed by atoms with Crippen molar-refractivity contribution < 1.29 is 8.83 Å². The first-order valence-electron chi connectivity index (χ1n) is 19.3. The standard InChI is InChI=1S/C52H34N4O2/c1-3-15-43-37(4-2)39-28-29-40-38-22-11-12-24-44(38)58-49(40)48(39)56(43)36-26-27-41-46(31-36)57-45-25-14-23-42(47(41)45)52-54-50(33-18-9-6-10-19-33)53-51(55-52)35-21-13-20-34(30-35)32-16-7-5-8-17-32/h3-31H,2H2,1H3/b15-3-. The second-order valence-corrected chi connectivity index (χ2v) is 14.4. The molecule has 0 fully saturated rings. The summed E-state index contributed by atoms with van der Waals surface area (Å²) >= 11 is 0. The van der Waals surface area contributed by atoms with E-state index in [2.05, 4.69) is 120 Å². The highest BCUT2D eigenvalue weighted by Gasteiger charge is 2.23. The van der Waals surface area contributed by atoms with Crippen molar-refractivity contribution in [1.82, 2.24) is 19.5 Å². The van der Waals surface area contributed by atoms with Crippen molar-refractivity contribution >= 4 is 66.9 Å². The van der Waals surface area contributed by atoms with E-state index in [1.54, 1.807) is 0 Å². The first-order chi connectivity index (χ1) is 28.7. The fourth-order valence-corrected chi connectivity index (χ4v) is 8.35. The van der Waals surface area contributed by atoms with Gasteiger partial charge in [0.25, 0.3) is 0 Å². The van der Waals surface area contributed by atoms with E-state index in [1.165, 1.54) is 0 Å². The minimum Gasteiger partial charge on any atom is -0.456 e. The van der Waals surface area contributed by atoms with Crippen LogP contribution in [-0.2, 0) is 0 Å². The first kappa shape index (κ1) is 33.5. The molecular formula is C52H34N4O2. The number of allylic oxidation sites excluding steroid dienone is 1. The SMILES string of the molecule is C=Cc1c(/C=C\C)n(-c2ccc3c(c2)oc2cccc(-c4nc(-c5ccccc5)nc(-c5cccc(-c6ccccc6)c5)n4)c23)c2c1ccc1c3ccccc3oc12. The molecule has 0 radical (unpaired) electrons. The van der Waals surface area contributed by atoms with E-state index in [1.807, 2.05) is 73.7 Å². The topological polar surface area (TPSA) is 69.9 Å². The van der Waals surface area contributed by atoms with Gasteiger partial charge in [-0.25, -0.2) is 15.0 Å². The maximum absolute atomic E-state index is 6.71. The number of para-hydroxylation sites is 1. The van der Waals surface area contributed by atoms with Crippen LogP contribution in [0.5, 0.6) is 0 Å². The molecule has 0 atom stereocenters. The zero-order chi connectivity index (χ0) is 38.7. The minimum absolute atomic E-state index is 0.570. The third-order valence-corrected chi connectivity index (χ3v) is 11.0. The van der Waals surface area contributed by atoms with Gasteiger partial charge >= 0.3 is 0 Å². The summed E-state index contributed by atoms with van der Waals surface area (Å²) in [6, 6.07) is 53.8. The molecule has 4 aromatic heterocycles. The van der Waals surface area contributed by atoms with Crippen molar-refractivity contribution in [1.29, 1.82) is 0 Å². The van der Waals surface area contributed by atoms with Gasteiger partial charge in [0.1, 0.15) is 16.7 Å². The van der Waals surface area contributed by atoms with Crippen LogP contribution in [0.2, 0.25) is 0 Å². The highest BCUT2D eigenvalue weighted by Crippen LogP contribution is 2.42. The molecule has 0 aliphatic rings. The van der Waals surface area contributed by atoms with E-state index in [0.717, 1.165) is 99.5 Å². The molecule has 0 N–H and O–H groups in total. The van der Waals surface area contributed by atoms with Crippen molar-refractivity contribution in [2.45, 2.75) is 6.92 Å². The van der Waals surface area contributed by atoms with E-state index in [-0.39, 0.29) is 0 Å². The fraction of sp³-hybridized carbons (Fsp3) is 0.0192. The third kappa shape index (κ3) is 5.30.